The molecule has 1 amide bonds. The Bertz CT molecular complexity index is 1670. The molecule has 0 atom stereocenters. The lowest BCUT2D eigenvalue weighted by Gasteiger charge is -2.33. The number of benzene rings is 1. The minimum Gasteiger partial charge on any atom is -0.444 e. The molecule has 1 saturated heterocycles. The van der Waals surface area contributed by atoms with E-state index in [2.05, 4.69) is 20.3 Å². The molecule has 0 radical (unpaired) electrons. The molecular formula is C31H36ClN7O3. The number of carbonyl (C=O) groups excluding carboxylic acids is 1. The second-order valence-corrected chi connectivity index (χ2v) is 12.0. The summed E-state index contributed by atoms with van der Waals surface area (Å²) in [6, 6.07) is 7.37. The summed E-state index contributed by atoms with van der Waals surface area (Å²) in [5.74, 6) is 0.641. The highest BCUT2D eigenvalue weighted by Crippen LogP contribution is 2.32. The van der Waals surface area contributed by atoms with Gasteiger partial charge in [-0.3, -0.25) is 14.3 Å². The molecule has 0 bridgehead atoms. The van der Waals surface area contributed by atoms with Gasteiger partial charge in [0.1, 0.15) is 11.2 Å². The topological polar surface area (TPSA) is 115 Å². The first kappa shape index (κ1) is 29.4. The van der Waals surface area contributed by atoms with Gasteiger partial charge in [0, 0.05) is 65.7 Å². The van der Waals surface area contributed by atoms with Gasteiger partial charge < -0.3 is 15.0 Å². The minimum absolute atomic E-state index is 0.176. The number of rotatable bonds is 6. The number of nitrogens with one attached hydrogen (secondary N) is 1. The molecule has 1 fully saturated rings. The van der Waals surface area contributed by atoms with E-state index < -0.39 is 5.60 Å². The average molecular weight is 590 g/mol. The van der Waals surface area contributed by atoms with Gasteiger partial charge in [-0.1, -0.05) is 23.7 Å². The van der Waals surface area contributed by atoms with Gasteiger partial charge in [0.25, 0.3) is 5.56 Å². The number of nitrogens with zero attached hydrogens (tertiary/aromatic N) is 6. The largest absolute Gasteiger partial charge is 0.444 e. The number of aromatic nitrogens is 5. The first-order valence-corrected chi connectivity index (χ1v) is 14.6. The molecule has 1 aliphatic heterocycles. The number of piperidine rings is 1. The average Bonchev–Trinajstić information content (AvgIpc) is 2.94. The van der Waals surface area contributed by atoms with Crippen LogP contribution in [0.3, 0.4) is 0 Å². The Hall–Kier alpha value is -4.05. The molecule has 1 aromatic carbocycles. The smallest absolute Gasteiger partial charge is 0.410 e. The molecule has 0 spiro atoms. The monoisotopic (exact) mass is 589 g/mol. The van der Waals surface area contributed by atoms with E-state index in [1.807, 2.05) is 58.9 Å². The van der Waals surface area contributed by atoms with E-state index in [0.29, 0.717) is 59.6 Å². The number of ether oxygens (including phenoxy) is 1. The lowest BCUT2D eigenvalue weighted by atomic mass is 9.96. The SMILES string of the molecule is CCNc1ncc2cc(-c3ccc(-c4cncc(C)n4)cc3Cl)c(=O)n(CC3CCN(C(=O)OC(C)(C)C)CC3)c2n1. The van der Waals surface area contributed by atoms with Crippen LogP contribution in [0, 0.1) is 12.8 Å². The third-order valence-electron chi connectivity index (χ3n) is 7.18. The van der Waals surface area contributed by atoms with Crippen LogP contribution in [0.5, 0.6) is 0 Å². The van der Waals surface area contributed by atoms with Gasteiger partial charge >= 0.3 is 6.09 Å². The number of hydrogen-bond donors (Lipinski definition) is 1. The summed E-state index contributed by atoms with van der Waals surface area (Å²) in [6.45, 7) is 11.7. The van der Waals surface area contributed by atoms with Crippen molar-refractivity contribution in [2.75, 3.05) is 25.0 Å². The van der Waals surface area contributed by atoms with Crippen LogP contribution in [0.2, 0.25) is 5.02 Å². The molecule has 5 rings (SSSR count). The van der Waals surface area contributed by atoms with Gasteiger partial charge in [-0.2, -0.15) is 4.98 Å². The summed E-state index contributed by atoms with van der Waals surface area (Å²) in [5.41, 5.74) is 3.27. The normalized spacial score (nSPS) is 14.3. The predicted molar refractivity (Wildman–Crippen MR) is 165 cm³/mol. The van der Waals surface area contributed by atoms with Gasteiger partial charge in [0.15, 0.2) is 0 Å². The summed E-state index contributed by atoms with van der Waals surface area (Å²) < 4.78 is 7.28. The van der Waals surface area contributed by atoms with Crippen LogP contribution in [0.25, 0.3) is 33.4 Å². The number of pyridine rings is 1. The molecule has 1 N–H and O–H groups in total. The van der Waals surface area contributed by atoms with Crippen molar-refractivity contribution >= 4 is 34.7 Å². The number of amides is 1. The van der Waals surface area contributed by atoms with Crippen LogP contribution in [-0.4, -0.2) is 60.7 Å². The maximum absolute atomic E-state index is 14.1. The highest BCUT2D eigenvalue weighted by Gasteiger charge is 2.28. The van der Waals surface area contributed by atoms with Crippen LogP contribution < -0.4 is 10.9 Å². The van der Waals surface area contributed by atoms with Crippen molar-refractivity contribution in [3.63, 3.8) is 0 Å². The molecule has 0 saturated carbocycles. The number of halogens is 1. The van der Waals surface area contributed by atoms with E-state index in [4.69, 9.17) is 21.3 Å². The van der Waals surface area contributed by atoms with E-state index in [1.165, 1.54) is 0 Å². The Morgan fingerprint density at radius 2 is 1.86 bits per heavy atom. The summed E-state index contributed by atoms with van der Waals surface area (Å²) >= 11 is 6.79. The first-order chi connectivity index (χ1) is 20.0. The molecule has 1 aliphatic rings. The molecule has 10 nitrogen and oxygen atoms in total. The molecular weight excluding hydrogens is 554 g/mol. The molecule has 220 valence electrons. The second-order valence-electron chi connectivity index (χ2n) is 11.6. The van der Waals surface area contributed by atoms with Crippen molar-refractivity contribution in [1.29, 1.82) is 0 Å². The maximum Gasteiger partial charge on any atom is 0.410 e. The van der Waals surface area contributed by atoms with E-state index in [-0.39, 0.29) is 17.6 Å². The fraction of sp³-hybridized carbons (Fsp3) is 0.419. The van der Waals surface area contributed by atoms with Gasteiger partial charge in [-0.15, -0.1) is 0 Å². The molecule has 0 aliphatic carbocycles. The quantitative estimate of drug-likeness (QED) is 0.293. The zero-order valence-corrected chi connectivity index (χ0v) is 25.4. The number of hydrogen-bond acceptors (Lipinski definition) is 8. The number of aryl methyl sites for hydroxylation is 1. The summed E-state index contributed by atoms with van der Waals surface area (Å²) in [4.78, 5) is 46.4. The van der Waals surface area contributed by atoms with Crippen molar-refractivity contribution in [2.45, 2.75) is 59.6 Å². The van der Waals surface area contributed by atoms with Crippen LogP contribution >= 0.6 is 11.6 Å². The van der Waals surface area contributed by atoms with Gasteiger partial charge in [0.05, 0.1) is 17.6 Å². The predicted octanol–water partition coefficient (Wildman–Crippen LogP) is 5.96. The molecule has 4 heterocycles. The number of likely N-dealkylation sites (tertiary alicyclic amines) is 1. The Kier molecular flexibility index (Phi) is 8.45. The lowest BCUT2D eigenvalue weighted by molar-refractivity contribution is 0.0178. The van der Waals surface area contributed by atoms with Crippen molar-refractivity contribution in [3.8, 4) is 22.4 Å². The van der Waals surface area contributed by atoms with Crippen molar-refractivity contribution in [3.05, 3.63) is 63.9 Å². The Morgan fingerprint density at radius 1 is 1.10 bits per heavy atom. The second kappa shape index (κ2) is 12.1. The highest BCUT2D eigenvalue weighted by molar-refractivity contribution is 6.33. The molecule has 11 heteroatoms. The Balaban J connectivity index is 1.49. The van der Waals surface area contributed by atoms with Crippen molar-refractivity contribution in [1.82, 2.24) is 29.4 Å². The Morgan fingerprint density at radius 3 is 2.52 bits per heavy atom. The fourth-order valence-electron chi connectivity index (χ4n) is 5.14. The lowest BCUT2D eigenvalue weighted by Crippen LogP contribution is -2.42. The van der Waals surface area contributed by atoms with Gasteiger partial charge in [-0.05, 0) is 65.5 Å². The number of anilines is 1. The summed E-state index contributed by atoms with van der Waals surface area (Å²) in [5, 5.41) is 4.32. The molecule has 0 unspecified atom stereocenters. The zero-order valence-electron chi connectivity index (χ0n) is 24.6. The third kappa shape index (κ3) is 6.54. The molecule has 3 aromatic heterocycles. The summed E-state index contributed by atoms with van der Waals surface area (Å²) in [7, 11) is 0. The van der Waals surface area contributed by atoms with Crippen LogP contribution in [0.15, 0.2) is 47.7 Å². The van der Waals surface area contributed by atoms with E-state index in [9.17, 15) is 9.59 Å². The molecule has 4 aromatic rings. The fourth-order valence-corrected chi connectivity index (χ4v) is 5.43. The number of carbonyl (C=O) groups is 1. The van der Waals surface area contributed by atoms with E-state index in [1.54, 1.807) is 28.1 Å². The summed E-state index contributed by atoms with van der Waals surface area (Å²) in [6.07, 6.45) is 6.31. The van der Waals surface area contributed by atoms with Gasteiger partial charge in [-0.25, -0.2) is 14.8 Å². The highest BCUT2D eigenvalue weighted by atomic mass is 35.5. The van der Waals surface area contributed by atoms with Crippen molar-refractivity contribution < 1.29 is 9.53 Å². The van der Waals surface area contributed by atoms with E-state index in [0.717, 1.165) is 29.5 Å². The standard InChI is InChI=1S/C31H36ClN7O3/c1-6-34-29-35-16-22-13-24(23-8-7-21(14-25(23)32)26-17-33-15-19(2)36-26)28(40)39(27(22)37-29)18-20-9-11-38(12-10-20)30(41)42-31(3,4)5/h7-8,13-17,20H,6,9-12,18H2,1-5H3,(H,34,35,37). The first-order valence-electron chi connectivity index (χ1n) is 14.2. The minimum atomic E-state index is -0.544. The van der Waals surface area contributed by atoms with Crippen LogP contribution in [-0.2, 0) is 11.3 Å². The van der Waals surface area contributed by atoms with Crippen molar-refractivity contribution in [2.24, 2.45) is 5.92 Å². The Labute approximate surface area is 250 Å². The van der Waals surface area contributed by atoms with Crippen LogP contribution in [0.4, 0.5) is 10.7 Å². The van der Waals surface area contributed by atoms with Gasteiger partial charge in [0.2, 0.25) is 5.95 Å². The number of fused-ring (bicyclic) bond motifs is 1. The maximum atomic E-state index is 14.1. The zero-order chi connectivity index (χ0) is 30.0. The third-order valence-corrected chi connectivity index (χ3v) is 7.49. The van der Waals surface area contributed by atoms with E-state index >= 15 is 0 Å². The molecule has 42 heavy (non-hydrogen) atoms. The van der Waals surface area contributed by atoms with Crippen LogP contribution in [0.1, 0.15) is 46.2 Å².